The van der Waals surface area contributed by atoms with Crippen LogP contribution in [-0.2, 0) is 4.79 Å². The Kier molecular flexibility index (Phi) is 3.30. The number of rotatable bonds is 2. The first-order chi connectivity index (χ1) is 14.1. The van der Waals surface area contributed by atoms with Gasteiger partial charge in [-0.2, -0.15) is 0 Å². The van der Waals surface area contributed by atoms with E-state index in [1.165, 1.54) is 0 Å². The molecule has 1 fully saturated rings. The largest absolute Gasteiger partial charge is 0.468 e. The van der Waals surface area contributed by atoms with Crippen molar-refractivity contribution in [3.8, 4) is 17.0 Å². The van der Waals surface area contributed by atoms with Gasteiger partial charge >= 0.3 is 0 Å². The van der Waals surface area contributed by atoms with Crippen LogP contribution in [0.15, 0.2) is 47.7 Å². The summed E-state index contributed by atoms with van der Waals surface area (Å²) in [4.78, 5) is 21.4. The van der Waals surface area contributed by atoms with Crippen LogP contribution >= 0.6 is 0 Å². The Morgan fingerprint density at radius 3 is 2.93 bits per heavy atom. The lowest BCUT2D eigenvalue weighted by Gasteiger charge is -2.28. The van der Waals surface area contributed by atoms with Crippen molar-refractivity contribution in [3.63, 3.8) is 0 Å². The highest BCUT2D eigenvalue weighted by Crippen LogP contribution is 2.47. The van der Waals surface area contributed by atoms with Crippen LogP contribution < -0.4 is 15.4 Å². The Hall–Kier alpha value is -3.41. The van der Waals surface area contributed by atoms with Crippen LogP contribution in [0, 0.1) is 6.92 Å². The quantitative estimate of drug-likeness (QED) is 0.765. The molecule has 1 aromatic carbocycles. The average Bonchev–Trinajstić information content (AvgIpc) is 3.12. The van der Waals surface area contributed by atoms with Gasteiger partial charge in [-0.3, -0.25) is 9.79 Å². The molecule has 2 N–H and O–H groups in total. The number of benzene rings is 1. The molecule has 0 saturated heterocycles. The monoisotopic (exact) mass is 384 g/mol. The summed E-state index contributed by atoms with van der Waals surface area (Å²) in [5.74, 6) is 0.608. The van der Waals surface area contributed by atoms with Gasteiger partial charge in [-0.15, -0.1) is 0 Å². The summed E-state index contributed by atoms with van der Waals surface area (Å²) in [5.41, 5.74) is 7.39. The minimum atomic E-state index is -0.0863. The molecule has 0 bridgehead atoms. The van der Waals surface area contributed by atoms with Gasteiger partial charge in [-0.1, -0.05) is 12.1 Å². The van der Waals surface area contributed by atoms with Crippen molar-refractivity contribution in [1.82, 2.24) is 4.98 Å². The lowest BCUT2D eigenvalue weighted by molar-refractivity contribution is -0.110. The Bertz CT molecular complexity index is 1170. The van der Waals surface area contributed by atoms with Gasteiger partial charge < -0.3 is 15.4 Å². The molecule has 6 heteroatoms. The van der Waals surface area contributed by atoms with Gasteiger partial charge in [0.05, 0.1) is 12.1 Å². The maximum atomic E-state index is 12.5. The van der Waals surface area contributed by atoms with Gasteiger partial charge in [0.2, 0.25) is 5.88 Å². The number of ether oxygens (including phenoxy) is 1. The molecule has 1 aromatic heterocycles. The van der Waals surface area contributed by atoms with E-state index in [4.69, 9.17) is 4.74 Å². The van der Waals surface area contributed by atoms with E-state index in [0.29, 0.717) is 11.5 Å². The summed E-state index contributed by atoms with van der Waals surface area (Å²) < 4.78 is 6.13. The fraction of sp³-hybridized carbons (Fsp3) is 0.261. The highest BCUT2D eigenvalue weighted by Gasteiger charge is 2.48. The predicted octanol–water partition coefficient (Wildman–Crippen LogP) is 4.09. The molecule has 1 saturated carbocycles. The van der Waals surface area contributed by atoms with E-state index in [1.807, 2.05) is 30.5 Å². The molecule has 3 aliphatic heterocycles. The van der Waals surface area contributed by atoms with E-state index in [9.17, 15) is 4.79 Å². The molecule has 4 aliphatic rings. The zero-order valence-electron chi connectivity index (χ0n) is 16.1. The molecule has 0 unspecified atom stereocenters. The topological polar surface area (TPSA) is 75.6 Å². The molecule has 6 rings (SSSR count). The van der Waals surface area contributed by atoms with Crippen molar-refractivity contribution >= 4 is 28.6 Å². The number of aliphatic imine (C=N–C) groups is 1. The zero-order valence-corrected chi connectivity index (χ0v) is 16.1. The van der Waals surface area contributed by atoms with Gasteiger partial charge in [-0.25, -0.2) is 4.98 Å². The Balaban J connectivity index is 1.41. The number of anilines is 2. The lowest BCUT2D eigenvalue weighted by Crippen LogP contribution is -2.33. The Morgan fingerprint density at radius 1 is 1.24 bits per heavy atom. The van der Waals surface area contributed by atoms with Crippen molar-refractivity contribution in [3.05, 3.63) is 53.9 Å². The van der Waals surface area contributed by atoms with Gasteiger partial charge in [0.15, 0.2) is 0 Å². The number of hydrogen-bond donors (Lipinski definition) is 2. The number of allylic oxidation sites excluding steroid dienone is 2. The van der Waals surface area contributed by atoms with Crippen LogP contribution in [0.5, 0.6) is 5.88 Å². The standard InChI is InChI=1S/C23H20N4O2/c1-13-18(11-25-22-20(13)26-12-23(29-22)6-7-23)14-4-5-19-16(9-14)17(21(28)27-19)10-15-3-2-8-24-15/h2,4-5,8-11,26H,3,6-7,12H2,1H3,(H,27,28)/b17-10-. The van der Waals surface area contributed by atoms with E-state index in [-0.39, 0.29) is 11.5 Å². The number of amides is 1. The van der Waals surface area contributed by atoms with Crippen LogP contribution in [0.2, 0.25) is 0 Å². The molecule has 4 heterocycles. The summed E-state index contributed by atoms with van der Waals surface area (Å²) in [7, 11) is 0. The minimum Gasteiger partial charge on any atom is -0.468 e. The SMILES string of the molecule is Cc1c(-c2ccc3c(c2)/C(=C/C2=NC=CC2)C(=O)N3)cnc2c1NCC1(CC1)O2. The van der Waals surface area contributed by atoms with Crippen LogP contribution in [0.3, 0.4) is 0 Å². The number of carbonyl (C=O) groups is 1. The van der Waals surface area contributed by atoms with Gasteiger partial charge in [0.25, 0.3) is 5.91 Å². The molecule has 0 radical (unpaired) electrons. The fourth-order valence-electron chi connectivity index (χ4n) is 4.20. The normalized spacial score (nSPS) is 21.3. The van der Waals surface area contributed by atoms with Crippen molar-refractivity contribution in [1.29, 1.82) is 0 Å². The second-order valence-electron chi connectivity index (χ2n) is 8.10. The highest BCUT2D eigenvalue weighted by atomic mass is 16.5. The summed E-state index contributed by atoms with van der Waals surface area (Å²) in [6, 6.07) is 6.05. The van der Waals surface area contributed by atoms with Crippen LogP contribution in [-0.4, -0.2) is 28.7 Å². The second kappa shape index (κ2) is 5.80. The lowest BCUT2D eigenvalue weighted by atomic mass is 9.96. The molecular weight excluding hydrogens is 364 g/mol. The average molecular weight is 384 g/mol. The molecule has 6 nitrogen and oxygen atoms in total. The van der Waals surface area contributed by atoms with E-state index in [1.54, 1.807) is 6.20 Å². The van der Waals surface area contributed by atoms with Crippen molar-refractivity contribution < 1.29 is 9.53 Å². The van der Waals surface area contributed by atoms with E-state index < -0.39 is 0 Å². The summed E-state index contributed by atoms with van der Waals surface area (Å²) in [6.45, 7) is 2.92. The third kappa shape index (κ3) is 2.59. The molecular formula is C23H20N4O2. The number of fused-ring (bicyclic) bond motifs is 2. The Labute approximate surface area is 168 Å². The number of pyridine rings is 1. The minimum absolute atomic E-state index is 0.0366. The van der Waals surface area contributed by atoms with Crippen LogP contribution in [0.1, 0.15) is 30.4 Å². The molecule has 0 atom stereocenters. The van der Waals surface area contributed by atoms with E-state index in [2.05, 4.69) is 33.6 Å². The number of carbonyl (C=O) groups excluding carboxylic acids is 1. The summed E-state index contributed by atoms with van der Waals surface area (Å²) in [5, 5.41) is 6.47. The van der Waals surface area contributed by atoms with Gasteiger partial charge in [0.1, 0.15) is 11.3 Å². The van der Waals surface area contributed by atoms with E-state index in [0.717, 1.165) is 65.1 Å². The number of aromatic nitrogens is 1. The molecule has 1 amide bonds. The zero-order chi connectivity index (χ0) is 19.6. The maximum absolute atomic E-state index is 12.5. The first-order valence-electron chi connectivity index (χ1n) is 9.94. The second-order valence-corrected chi connectivity index (χ2v) is 8.10. The fourth-order valence-corrected chi connectivity index (χ4v) is 4.20. The predicted molar refractivity (Wildman–Crippen MR) is 113 cm³/mol. The number of nitrogens with one attached hydrogen (secondary N) is 2. The van der Waals surface area contributed by atoms with Gasteiger partial charge in [0, 0.05) is 41.3 Å². The molecule has 29 heavy (non-hydrogen) atoms. The molecule has 2 aromatic rings. The molecule has 1 spiro atoms. The molecule has 1 aliphatic carbocycles. The third-order valence-electron chi connectivity index (χ3n) is 6.11. The third-order valence-corrected chi connectivity index (χ3v) is 6.11. The van der Waals surface area contributed by atoms with Crippen LogP contribution in [0.4, 0.5) is 11.4 Å². The van der Waals surface area contributed by atoms with Crippen molar-refractivity contribution in [2.24, 2.45) is 4.99 Å². The van der Waals surface area contributed by atoms with Crippen LogP contribution in [0.25, 0.3) is 16.7 Å². The first-order valence-corrected chi connectivity index (χ1v) is 9.94. The maximum Gasteiger partial charge on any atom is 0.256 e. The number of hydrogen-bond acceptors (Lipinski definition) is 5. The van der Waals surface area contributed by atoms with Crippen molar-refractivity contribution in [2.75, 3.05) is 17.2 Å². The van der Waals surface area contributed by atoms with E-state index >= 15 is 0 Å². The highest BCUT2D eigenvalue weighted by molar-refractivity contribution is 6.34. The summed E-state index contributed by atoms with van der Waals surface area (Å²) in [6.07, 6.45) is 10.4. The first kappa shape index (κ1) is 16.5. The molecule has 144 valence electrons. The Morgan fingerprint density at radius 2 is 2.14 bits per heavy atom. The van der Waals surface area contributed by atoms with Crippen molar-refractivity contribution in [2.45, 2.75) is 31.8 Å². The van der Waals surface area contributed by atoms with Gasteiger partial charge in [-0.05, 0) is 49.1 Å². The smallest absolute Gasteiger partial charge is 0.256 e. The number of nitrogens with zero attached hydrogens (tertiary/aromatic N) is 2. The summed E-state index contributed by atoms with van der Waals surface area (Å²) >= 11 is 0.